The van der Waals surface area contributed by atoms with Crippen LogP contribution in [0.4, 0.5) is 10.1 Å². The van der Waals surface area contributed by atoms with Gasteiger partial charge in [0.25, 0.3) is 11.5 Å². The van der Waals surface area contributed by atoms with Gasteiger partial charge in [0, 0.05) is 16.1 Å². The first-order chi connectivity index (χ1) is 19.3. The Labute approximate surface area is 266 Å². The Balaban J connectivity index is 1.39. The molecule has 206 valence electrons. The van der Waals surface area contributed by atoms with Gasteiger partial charge in [-0.3, -0.25) is 9.59 Å². The highest BCUT2D eigenvalue weighted by Crippen LogP contribution is 2.32. The first kappa shape index (κ1) is 29.1. The van der Waals surface area contributed by atoms with Crippen LogP contribution in [0.1, 0.15) is 49.4 Å². The van der Waals surface area contributed by atoms with Gasteiger partial charge in [-0.2, -0.15) is 9.78 Å². The molecular formula is C29H24BrFI2N4O3. The number of nitrogens with zero attached hydrogens (tertiary/aromatic N) is 3. The van der Waals surface area contributed by atoms with Crippen LogP contribution >= 0.6 is 61.1 Å². The SMILES string of the molecule is O=C(COc1c(I)cc(C=Nn2c(C3CCCCC3)nc3ccc(Br)cc3c2=O)cc1I)Nc1cccc(F)c1. The number of carbonyl (C=O) groups excluding carboxylic acids is 1. The van der Waals surface area contributed by atoms with Crippen LogP contribution < -0.4 is 15.6 Å². The van der Waals surface area contributed by atoms with Crippen LogP contribution in [0.5, 0.6) is 5.75 Å². The van der Waals surface area contributed by atoms with Crippen LogP contribution in [0, 0.1) is 13.0 Å². The Kier molecular flexibility index (Phi) is 9.51. The molecule has 1 amide bonds. The van der Waals surface area contributed by atoms with Gasteiger partial charge in [0.1, 0.15) is 17.4 Å². The highest BCUT2D eigenvalue weighted by Gasteiger charge is 2.22. The lowest BCUT2D eigenvalue weighted by Crippen LogP contribution is -2.25. The molecule has 1 aliphatic rings. The van der Waals surface area contributed by atoms with E-state index in [9.17, 15) is 14.0 Å². The van der Waals surface area contributed by atoms with Gasteiger partial charge in [-0.1, -0.05) is 41.3 Å². The standard InChI is InChI=1S/C29H24BrFI2N4O3/c30-19-9-10-25-22(13-19)29(39)37(28(36-25)18-5-2-1-3-6-18)34-15-17-11-23(32)27(24(33)12-17)40-16-26(38)35-21-8-4-7-20(31)14-21/h4,7-15,18H,1-3,5-6,16H2,(H,35,38). The molecule has 4 aromatic rings. The molecular weight excluding hydrogens is 805 g/mol. The fraction of sp³-hybridized carbons (Fsp3) is 0.241. The summed E-state index contributed by atoms with van der Waals surface area (Å²) in [6.07, 6.45) is 7.05. The van der Waals surface area contributed by atoms with Crippen molar-refractivity contribution in [1.82, 2.24) is 9.66 Å². The lowest BCUT2D eigenvalue weighted by Gasteiger charge is -2.22. The maximum atomic E-state index is 13.6. The van der Waals surface area contributed by atoms with Gasteiger partial charge in [0.15, 0.2) is 6.61 Å². The van der Waals surface area contributed by atoms with Crippen molar-refractivity contribution in [3.05, 3.63) is 93.8 Å². The molecule has 5 rings (SSSR count). The van der Waals surface area contributed by atoms with Crippen LogP contribution in [0.2, 0.25) is 0 Å². The Morgan fingerprint density at radius 2 is 1.88 bits per heavy atom. The number of rotatable bonds is 7. The van der Waals surface area contributed by atoms with Gasteiger partial charge in [-0.05, 0) is 112 Å². The van der Waals surface area contributed by atoms with E-state index in [1.165, 1.54) is 29.3 Å². The Morgan fingerprint density at radius 1 is 1.12 bits per heavy atom. The summed E-state index contributed by atoms with van der Waals surface area (Å²) in [5.74, 6) is 0.615. The zero-order valence-corrected chi connectivity index (χ0v) is 27.1. The molecule has 0 radical (unpaired) electrons. The number of benzene rings is 3. The molecule has 1 N–H and O–H groups in total. The van der Waals surface area contributed by atoms with Crippen molar-refractivity contribution in [2.24, 2.45) is 5.10 Å². The number of halogens is 4. The zero-order valence-electron chi connectivity index (χ0n) is 21.2. The number of carbonyl (C=O) groups is 1. The Morgan fingerprint density at radius 3 is 2.60 bits per heavy atom. The summed E-state index contributed by atoms with van der Waals surface area (Å²) >= 11 is 7.75. The summed E-state index contributed by atoms with van der Waals surface area (Å²) in [6.45, 7) is -0.228. The predicted molar refractivity (Wildman–Crippen MR) is 175 cm³/mol. The van der Waals surface area contributed by atoms with Crippen molar-refractivity contribution in [2.75, 3.05) is 11.9 Å². The molecule has 0 aliphatic heterocycles. The number of nitrogens with one attached hydrogen (secondary N) is 1. The Hall–Kier alpha value is -2.39. The smallest absolute Gasteiger partial charge is 0.282 e. The molecule has 1 heterocycles. The second-order valence-electron chi connectivity index (χ2n) is 9.49. The van der Waals surface area contributed by atoms with Crippen molar-refractivity contribution in [2.45, 2.75) is 38.0 Å². The second kappa shape index (κ2) is 13.1. The Bertz CT molecular complexity index is 1650. The van der Waals surface area contributed by atoms with E-state index < -0.39 is 11.7 Å². The quantitative estimate of drug-likeness (QED) is 0.155. The van der Waals surface area contributed by atoms with E-state index in [0.29, 0.717) is 28.2 Å². The van der Waals surface area contributed by atoms with Crippen molar-refractivity contribution in [1.29, 1.82) is 0 Å². The van der Waals surface area contributed by atoms with E-state index in [1.54, 1.807) is 18.3 Å². The number of fused-ring (bicyclic) bond motifs is 1. The van der Waals surface area contributed by atoms with Gasteiger partial charge in [-0.25, -0.2) is 9.37 Å². The minimum absolute atomic E-state index is 0.182. The van der Waals surface area contributed by atoms with Gasteiger partial charge in [0.05, 0.1) is 24.3 Å². The third kappa shape index (κ3) is 6.90. The van der Waals surface area contributed by atoms with E-state index in [2.05, 4.69) is 71.5 Å². The summed E-state index contributed by atoms with van der Waals surface area (Å²) in [7, 11) is 0. The molecule has 1 aliphatic carbocycles. The first-order valence-electron chi connectivity index (χ1n) is 12.7. The molecule has 0 atom stereocenters. The van der Waals surface area contributed by atoms with Crippen LogP contribution in [-0.2, 0) is 4.79 Å². The fourth-order valence-corrected chi connectivity index (χ4v) is 7.21. The van der Waals surface area contributed by atoms with Gasteiger partial charge in [-0.15, -0.1) is 0 Å². The molecule has 0 spiro atoms. The van der Waals surface area contributed by atoms with Crippen molar-refractivity contribution in [3.63, 3.8) is 0 Å². The lowest BCUT2D eigenvalue weighted by molar-refractivity contribution is -0.118. The zero-order chi connectivity index (χ0) is 28.2. The highest BCUT2D eigenvalue weighted by atomic mass is 127. The summed E-state index contributed by atoms with van der Waals surface area (Å²) < 4.78 is 23.0. The first-order valence-corrected chi connectivity index (χ1v) is 15.7. The van der Waals surface area contributed by atoms with Crippen molar-refractivity contribution >= 4 is 89.8 Å². The third-order valence-corrected chi connectivity index (χ3v) is 8.70. The summed E-state index contributed by atoms with van der Waals surface area (Å²) in [5.41, 5.74) is 1.62. The average Bonchev–Trinajstić information content (AvgIpc) is 2.93. The molecule has 1 aromatic heterocycles. The van der Waals surface area contributed by atoms with Crippen LogP contribution in [0.25, 0.3) is 10.9 Å². The molecule has 0 unspecified atom stereocenters. The number of hydrogen-bond acceptors (Lipinski definition) is 5. The van der Waals surface area contributed by atoms with Gasteiger partial charge < -0.3 is 10.1 Å². The highest BCUT2D eigenvalue weighted by molar-refractivity contribution is 14.1. The number of ether oxygens (including phenoxy) is 1. The number of anilines is 1. The maximum Gasteiger partial charge on any atom is 0.282 e. The number of hydrogen-bond donors (Lipinski definition) is 1. The largest absolute Gasteiger partial charge is 0.482 e. The average molecular weight is 829 g/mol. The molecule has 0 bridgehead atoms. The topological polar surface area (TPSA) is 85.6 Å². The van der Waals surface area contributed by atoms with Crippen LogP contribution in [-0.4, -0.2) is 28.4 Å². The van der Waals surface area contributed by atoms with E-state index in [0.717, 1.165) is 42.9 Å². The maximum absolute atomic E-state index is 13.6. The summed E-state index contributed by atoms with van der Waals surface area (Å²) in [6, 6.07) is 15.0. The predicted octanol–water partition coefficient (Wildman–Crippen LogP) is 7.45. The van der Waals surface area contributed by atoms with E-state index in [-0.39, 0.29) is 18.1 Å². The van der Waals surface area contributed by atoms with E-state index >= 15 is 0 Å². The van der Waals surface area contributed by atoms with Gasteiger partial charge in [0.2, 0.25) is 0 Å². The van der Waals surface area contributed by atoms with Crippen molar-refractivity contribution < 1.29 is 13.9 Å². The minimum Gasteiger partial charge on any atom is -0.482 e. The molecule has 0 saturated heterocycles. The van der Waals surface area contributed by atoms with Crippen molar-refractivity contribution in [3.8, 4) is 5.75 Å². The summed E-state index contributed by atoms with van der Waals surface area (Å²) in [4.78, 5) is 30.8. The number of amides is 1. The normalized spacial score (nSPS) is 14.1. The monoisotopic (exact) mass is 828 g/mol. The second-order valence-corrected chi connectivity index (χ2v) is 12.7. The minimum atomic E-state index is -0.430. The molecule has 40 heavy (non-hydrogen) atoms. The summed E-state index contributed by atoms with van der Waals surface area (Å²) in [5, 5.41) is 7.76. The molecule has 11 heteroatoms. The van der Waals surface area contributed by atoms with Crippen LogP contribution in [0.15, 0.2) is 69.0 Å². The molecule has 1 saturated carbocycles. The molecule has 1 fully saturated rings. The van der Waals surface area contributed by atoms with E-state index in [1.807, 2.05) is 24.3 Å². The van der Waals surface area contributed by atoms with E-state index in [4.69, 9.17) is 9.72 Å². The molecule has 7 nitrogen and oxygen atoms in total. The van der Waals surface area contributed by atoms with Crippen LogP contribution in [0.3, 0.4) is 0 Å². The third-order valence-electron chi connectivity index (χ3n) is 6.60. The lowest BCUT2D eigenvalue weighted by atomic mass is 9.88. The molecule has 3 aromatic carbocycles. The van der Waals surface area contributed by atoms with Gasteiger partial charge >= 0.3 is 0 Å². The number of aromatic nitrogens is 2. The fourth-order valence-electron chi connectivity index (χ4n) is 4.72.